The molecule has 4 nitrogen and oxygen atoms in total. The second-order valence-corrected chi connectivity index (χ2v) is 6.45. The molecule has 0 aromatic rings. The number of rotatable bonds is 0. The van der Waals surface area contributed by atoms with E-state index < -0.39 is 5.60 Å². The summed E-state index contributed by atoms with van der Waals surface area (Å²) in [7, 11) is 2.01. The highest BCUT2D eigenvalue weighted by Crippen LogP contribution is 2.30. The van der Waals surface area contributed by atoms with Crippen molar-refractivity contribution in [3.63, 3.8) is 0 Å². The Kier molecular flexibility index (Phi) is 3.81. The van der Waals surface area contributed by atoms with Crippen LogP contribution < -0.4 is 0 Å². The van der Waals surface area contributed by atoms with E-state index in [1.165, 1.54) is 5.70 Å². The Morgan fingerprint density at radius 2 is 2.16 bits per heavy atom. The molecule has 5 heteroatoms. The standard InChI is InChI=1S/C14H21ClN2O2/c1-14(2,3)19-13(18)17-8-6-12-10(9-17)11(15)5-7-16(12)4/h5,7,11H,6,8-9H2,1-4H3. The first-order valence-electron chi connectivity index (χ1n) is 6.53. The third-order valence-corrected chi connectivity index (χ3v) is 3.65. The number of halogens is 1. The van der Waals surface area contributed by atoms with Crippen LogP contribution in [0.15, 0.2) is 23.5 Å². The molecule has 2 aliphatic heterocycles. The van der Waals surface area contributed by atoms with E-state index in [0.29, 0.717) is 13.1 Å². The van der Waals surface area contributed by atoms with Crippen LogP contribution in [0.25, 0.3) is 0 Å². The molecule has 0 aromatic carbocycles. The van der Waals surface area contributed by atoms with Gasteiger partial charge < -0.3 is 14.5 Å². The fourth-order valence-corrected chi connectivity index (χ4v) is 2.58. The summed E-state index contributed by atoms with van der Waals surface area (Å²) in [5.41, 5.74) is 1.86. The minimum atomic E-state index is -0.463. The predicted octanol–water partition coefficient (Wildman–Crippen LogP) is 2.95. The van der Waals surface area contributed by atoms with Crippen molar-refractivity contribution < 1.29 is 9.53 Å². The first-order valence-corrected chi connectivity index (χ1v) is 6.96. The smallest absolute Gasteiger partial charge is 0.410 e. The van der Waals surface area contributed by atoms with Crippen LogP contribution in [0.5, 0.6) is 0 Å². The first kappa shape index (κ1) is 14.3. The average molecular weight is 285 g/mol. The summed E-state index contributed by atoms with van der Waals surface area (Å²) in [6.45, 7) is 6.85. The van der Waals surface area contributed by atoms with Crippen LogP contribution in [-0.2, 0) is 4.74 Å². The number of allylic oxidation sites excluding steroid dienone is 1. The SMILES string of the molecule is CN1C=CC(Cl)C2=C1CCN(C(=O)OC(C)(C)C)C2. The maximum absolute atomic E-state index is 12.1. The largest absolute Gasteiger partial charge is 0.444 e. The van der Waals surface area contributed by atoms with Gasteiger partial charge in [-0.2, -0.15) is 0 Å². The van der Waals surface area contributed by atoms with Crippen molar-refractivity contribution in [3.05, 3.63) is 23.5 Å². The Bertz CT molecular complexity index is 437. The highest BCUT2D eigenvalue weighted by Gasteiger charge is 2.31. The molecule has 106 valence electrons. The maximum Gasteiger partial charge on any atom is 0.410 e. The van der Waals surface area contributed by atoms with Gasteiger partial charge in [0.2, 0.25) is 0 Å². The summed E-state index contributed by atoms with van der Waals surface area (Å²) < 4.78 is 5.41. The van der Waals surface area contributed by atoms with Crippen molar-refractivity contribution in [2.45, 2.75) is 38.2 Å². The molecule has 1 unspecified atom stereocenters. The quantitative estimate of drug-likeness (QED) is 0.641. The van der Waals surface area contributed by atoms with Gasteiger partial charge in [0.1, 0.15) is 5.60 Å². The number of alkyl halides is 1. The van der Waals surface area contributed by atoms with Gasteiger partial charge in [-0.25, -0.2) is 4.79 Å². The molecule has 0 bridgehead atoms. The lowest BCUT2D eigenvalue weighted by Gasteiger charge is -2.37. The Morgan fingerprint density at radius 1 is 1.47 bits per heavy atom. The van der Waals surface area contributed by atoms with Gasteiger partial charge in [-0.1, -0.05) is 0 Å². The number of hydrogen-bond acceptors (Lipinski definition) is 3. The number of amides is 1. The van der Waals surface area contributed by atoms with Gasteiger partial charge in [-0.3, -0.25) is 0 Å². The van der Waals surface area contributed by atoms with Crippen molar-refractivity contribution in [1.29, 1.82) is 0 Å². The fourth-order valence-electron chi connectivity index (χ4n) is 2.32. The van der Waals surface area contributed by atoms with Gasteiger partial charge in [0.05, 0.1) is 5.38 Å². The van der Waals surface area contributed by atoms with Crippen molar-refractivity contribution in [2.75, 3.05) is 20.1 Å². The highest BCUT2D eigenvalue weighted by molar-refractivity contribution is 6.23. The molecule has 1 atom stereocenters. The minimum absolute atomic E-state index is 0.128. The molecule has 0 N–H and O–H groups in total. The molecule has 2 heterocycles. The molecule has 1 amide bonds. The zero-order valence-electron chi connectivity index (χ0n) is 11.9. The first-order chi connectivity index (χ1) is 8.78. The summed E-state index contributed by atoms with van der Waals surface area (Å²) in [5.74, 6) is 0. The molecule has 0 saturated carbocycles. The predicted molar refractivity (Wildman–Crippen MR) is 76.0 cm³/mol. The van der Waals surface area contributed by atoms with E-state index in [0.717, 1.165) is 12.0 Å². The van der Waals surface area contributed by atoms with Crippen molar-refractivity contribution in [3.8, 4) is 0 Å². The average Bonchev–Trinajstić information content (AvgIpc) is 2.31. The van der Waals surface area contributed by atoms with Crippen LogP contribution in [0.1, 0.15) is 27.2 Å². The number of carbonyl (C=O) groups excluding carboxylic acids is 1. The number of ether oxygens (including phenoxy) is 1. The zero-order chi connectivity index (χ0) is 14.2. The van der Waals surface area contributed by atoms with Crippen LogP contribution in [-0.4, -0.2) is 47.0 Å². The number of hydrogen-bond donors (Lipinski definition) is 0. The molecule has 0 aromatic heterocycles. The normalized spacial score (nSPS) is 23.5. The summed E-state index contributed by atoms with van der Waals surface area (Å²) in [4.78, 5) is 15.9. The molecular weight excluding hydrogens is 264 g/mol. The number of carbonyl (C=O) groups is 1. The maximum atomic E-state index is 12.1. The lowest BCUT2D eigenvalue weighted by Crippen LogP contribution is -2.43. The molecule has 0 radical (unpaired) electrons. The lowest BCUT2D eigenvalue weighted by molar-refractivity contribution is 0.0253. The second kappa shape index (κ2) is 5.08. The summed E-state index contributed by atoms with van der Waals surface area (Å²) in [6.07, 6.45) is 4.48. The van der Waals surface area contributed by atoms with Crippen LogP contribution in [0.4, 0.5) is 4.79 Å². The lowest BCUT2D eigenvalue weighted by atomic mass is 9.99. The van der Waals surface area contributed by atoms with Crippen molar-refractivity contribution in [2.24, 2.45) is 0 Å². The van der Waals surface area contributed by atoms with Gasteiger partial charge in [-0.15, -0.1) is 11.6 Å². The molecular formula is C14H21ClN2O2. The fraction of sp³-hybridized carbons (Fsp3) is 0.643. The topological polar surface area (TPSA) is 32.8 Å². The van der Waals surface area contributed by atoms with Crippen LogP contribution >= 0.6 is 11.6 Å². The van der Waals surface area contributed by atoms with Gasteiger partial charge >= 0.3 is 6.09 Å². The van der Waals surface area contributed by atoms with Gasteiger partial charge in [0.15, 0.2) is 0 Å². The van der Waals surface area contributed by atoms with Gasteiger partial charge in [-0.05, 0) is 32.4 Å². The molecule has 2 aliphatic rings. The molecule has 19 heavy (non-hydrogen) atoms. The van der Waals surface area contributed by atoms with Crippen LogP contribution in [0.3, 0.4) is 0 Å². The zero-order valence-corrected chi connectivity index (χ0v) is 12.7. The summed E-state index contributed by atoms with van der Waals surface area (Å²) in [6, 6.07) is 0. The highest BCUT2D eigenvalue weighted by atomic mass is 35.5. The van der Waals surface area contributed by atoms with Crippen molar-refractivity contribution >= 4 is 17.7 Å². The Morgan fingerprint density at radius 3 is 2.79 bits per heavy atom. The van der Waals surface area contributed by atoms with Crippen LogP contribution in [0.2, 0.25) is 0 Å². The molecule has 2 rings (SSSR count). The third-order valence-electron chi connectivity index (χ3n) is 3.24. The van der Waals surface area contributed by atoms with E-state index in [9.17, 15) is 4.79 Å². The minimum Gasteiger partial charge on any atom is -0.444 e. The van der Waals surface area contributed by atoms with Gasteiger partial charge in [0, 0.05) is 38.5 Å². The molecule has 0 aliphatic carbocycles. The summed E-state index contributed by atoms with van der Waals surface area (Å²) in [5, 5.41) is -0.128. The summed E-state index contributed by atoms with van der Waals surface area (Å²) >= 11 is 6.31. The van der Waals surface area contributed by atoms with E-state index in [1.54, 1.807) is 4.90 Å². The van der Waals surface area contributed by atoms with E-state index in [4.69, 9.17) is 16.3 Å². The Labute approximate surface area is 119 Å². The van der Waals surface area contributed by atoms with E-state index in [1.807, 2.05) is 40.1 Å². The van der Waals surface area contributed by atoms with Crippen molar-refractivity contribution in [1.82, 2.24) is 9.80 Å². The van der Waals surface area contributed by atoms with E-state index in [-0.39, 0.29) is 11.5 Å². The Balaban J connectivity index is 2.09. The Hall–Kier alpha value is -1.16. The number of nitrogens with zero attached hydrogens (tertiary/aromatic N) is 2. The van der Waals surface area contributed by atoms with Crippen LogP contribution in [0, 0.1) is 0 Å². The second-order valence-electron chi connectivity index (χ2n) is 5.98. The van der Waals surface area contributed by atoms with Gasteiger partial charge in [0.25, 0.3) is 0 Å². The molecule has 0 fully saturated rings. The molecule has 0 saturated heterocycles. The third kappa shape index (κ3) is 3.24. The molecule has 0 spiro atoms. The van der Waals surface area contributed by atoms with E-state index in [2.05, 4.69) is 4.90 Å². The monoisotopic (exact) mass is 284 g/mol. The van der Waals surface area contributed by atoms with E-state index >= 15 is 0 Å².